The van der Waals surface area contributed by atoms with Crippen LogP contribution in [0.1, 0.15) is 49.4 Å². The Kier molecular flexibility index (Phi) is 7.18. The second-order valence-corrected chi connectivity index (χ2v) is 7.02. The number of carboxylic acids is 1. The van der Waals surface area contributed by atoms with Crippen LogP contribution in [-0.4, -0.2) is 33.1 Å². The van der Waals surface area contributed by atoms with Crippen LogP contribution in [0.25, 0.3) is 17.3 Å². The van der Waals surface area contributed by atoms with Gasteiger partial charge in [0.05, 0.1) is 11.8 Å². The van der Waals surface area contributed by atoms with Gasteiger partial charge in [0, 0.05) is 23.2 Å². The second-order valence-electron chi connectivity index (χ2n) is 7.02. The van der Waals surface area contributed by atoms with E-state index in [1.165, 1.54) is 18.2 Å². The molecule has 1 aromatic heterocycles. The molecule has 0 saturated heterocycles. The van der Waals surface area contributed by atoms with E-state index in [0.717, 1.165) is 22.4 Å². The fourth-order valence-corrected chi connectivity index (χ4v) is 2.94. The standard InChI is InChI=1S/C22H24FNO4/c1-13(2)20-10-14(3)24-22(15-4-6-16(23)7-5-15)19(20)9-8-17(25)11-18(26)12-21(27)28/h4-10,13,17,25H,11-12H2,1-3H3,(H,27,28). The van der Waals surface area contributed by atoms with Gasteiger partial charge in [-0.05, 0) is 48.7 Å². The van der Waals surface area contributed by atoms with E-state index in [9.17, 15) is 19.1 Å². The fourth-order valence-electron chi connectivity index (χ4n) is 2.94. The Bertz CT molecular complexity index is 888. The molecule has 2 N–H and O–H groups in total. The van der Waals surface area contributed by atoms with Gasteiger partial charge in [-0.25, -0.2) is 4.39 Å². The number of hydrogen-bond acceptors (Lipinski definition) is 4. The summed E-state index contributed by atoms with van der Waals surface area (Å²) >= 11 is 0. The fraction of sp³-hybridized carbons (Fsp3) is 0.318. The largest absolute Gasteiger partial charge is 0.481 e. The van der Waals surface area contributed by atoms with E-state index in [1.807, 2.05) is 26.8 Å². The minimum absolute atomic E-state index is 0.173. The number of carbonyl (C=O) groups is 2. The number of aliphatic hydroxyl groups excluding tert-OH is 1. The van der Waals surface area contributed by atoms with E-state index in [0.29, 0.717) is 5.69 Å². The lowest BCUT2D eigenvalue weighted by Gasteiger charge is -2.16. The molecule has 148 valence electrons. The number of aromatic nitrogens is 1. The molecule has 1 aromatic carbocycles. The number of nitrogens with zero attached hydrogens (tertiary/aromatic N) is 1. The van der Waals surface area contributed by atoms with Gasteiger partial charge in [0.1, 0.15) is 18.0 Å². The van der Waals surface area contributed by atoms with Crippen molar-refractivity contribution < 1.29 is 24.2 Å². The summed E-state index contributed by atoms with van der Waals surface area (Å²) in [6.07, 6.45) is 1.17. The highest BCUT2D eigenvalue weighted by Gasteiger charge is 2.16. The zero-order valence-electron chi connectivity index (χ0n) is 16.1. The number of ketones is 1. The number of aliphatic hydroxyl groups is 1. The van der Waals surface area contributed by atoms with Gasteiger partial charge in [0.15, 0.2) is 0 Å². The van der Waals surface area contributed by atoms with Gasteiger partial charge >= 0.3 is 5.97 Å². The number of rotatable bonds is 8. The number of halogens is 1. The highest BCUT2D eigenvalue weighted by Crippen LogP contribution is 2.31. The molecule has 5 nitrogen and oxygen atoms in total. The number of pyridine rings is 1. The van der Waals surface area contributed by atoms with E-state index in [2.05, 4.69) is 4.98 Å². The van der Waals surface area contributed by atoms with Gasteiger partial charge in [-0.1, -0.05) is 26.0 Å². The van der Waals surface area contributed by atoms with Crippen LogP contribution in [0, 0.1) is 12.7 Å². The molecule has 0 radical (unpaired) electrons. The minimum Gasteiger partial charge on any atom is -0.481 e. The molecule has 2 aromatic rings. The van der Waals surface area contributed by atoms with Crippen molar-refractivity contribution in [2.45, 2.75) is 45.6 Å². The van der Waals surface area contributed by atoms with Crippen molar-refractivity contribution >= 4 is 17.8 Å². The molecule has 1 unspecified atom stereocenters. The maximum Gasteiger partial charge on any atom is 0.310 e. The molecular weight excluding hydrogens is 361 g/mol. The summed E-state index contributed by atoms with van der Waals surface area (Å²) in [6.45, 7) is 5.95. The van der Waals surface area contributed by atoms with Crippen LogP contribution < -0.4 is 0 Å². The van der Waals surface area contributed by atoms with Crippen LogP contribution in [0.3, 0.4) is 0 Å². The number of carboxylic acid groups (broad SMARTS) is 1. The molecule has 6 heteroatoms. The Labute approximate surface area is 163 Å². The number of benzene rings is 1. The molecule has 1 heterocycles. The van der Waals surface area contributed by atoms with Gasteiger partial charge in [0.2, 0.25) is 0 Å². The monoisotopic (exact) mass is 385 g/mol. The lowest BCUT2D eigenvalue weighted by atomic mass is 9.92. The van der Waals surface area contributed by atoms with Crippen LogP contribution in [0.15, 0.2) is 36.4 Å². The van der Waals surface area contributed by atoms with Crippen LogP contribution in [0.4, 0.5) is 4.39 Å². The Balaban J connectivity index is 2.41. The summed E-state index contributed by atoms with van der Waals surface area (Å²) in [6, 6.07) is 7.97. The summed E-state index contributed by atoms with van der Waals surface area (Å²) in [7, 11) is 0. The van der Waals surface area contributed by atoms with Crippen LogP contribution >= 0.6 is 0 Å². The maximum atomic E-state index is 13.3. The molecule has 0 saturated carbocycles. The second kappa shape index (κ2) is 9.37. The zero-order chi connectivity index (χ0) is 20.8. The van der Waals surface area contributed by atoms with Crippen LogP contribution in [-0.2, 0) is 9.59 Å². The third-order valence-electron chi connectivity index (χ3n) is 4.23. The predicted octanol–water partition coefficient (Wildman–Crippen LogP) is 4.13. The van der Waals surface area contributed by atoms with Gasteiger partial charge in [0.25, 0.3) is 0 Å². The van der Waals surface area contributed by atoms with Gasteiger partial charge in [-0.3, -0.25) is 14.6 Å². The Morgan fingerprint density at radius 3 is 2.43 bits per heavy atom. The normalized spacial score (nSPS) is 12.5. The van der Waals surface area contributed by atoms with E-state index < -0.39 is 24.3 Å². The van der Waals surface area contributed by atoms with Crippen molar-refractivity contribution in [3.8, 4) is 11.3 Å². The molecule has 0 bridgehead atoms. The summed E-state index contributed by atoms with van der Waals surface area (Å²) in [5.41, 5.74) is 3.99. The van der Waals surface area contributed by atoms with E-state index >= 15 is 0 Å². The Hall–Kier alpha value is -2.86. The average Bonchev–Trinajstić information content (AvgIpc) is 2.59. The minimum atomic E-state index is -1.22. The molecule has 0 aliphatic heterocycles. The topological polar surface area (TPSA) is 87.5 Å². The number of hydrogen-bond donors (Lipinski definition) is 2. The molecule has 0 aliphatic carbocycles. The summed E-state index contributed by atoms with van der Waals surface area (Å²) < 4.78 is 13.3. The number of aliphatic carboxylic acids is 1. The average molecular weight is 385 g/mol. The molecular formula is C22H24FNO4. The third kappa shape index (κ3) is 5.82. The lowest BCUT2D eigenvalue weighted by Crippen LogP contribution is -2.14. The van der Waals surface area contributed by atoms with Crippen LogP contribution in [0.5, 0.6) is 0 Å². The van der Waals surface area contributed by atoms with Crippen molar-refractivity contribution in [3.05, 3.63) is 59.0 Å². The van der Waals surface area contributed by atoms with Crippen LogP contribution in [0.2, 0.25) is 0 Å². The summed E-state index contributed by atoms with van der Waals surface area (Å²) in [5, 5.41) is 18.8. The molecule has 0 aliphatic rings. The molecule has 0 spiro atoms. The molecule has 1 atom stereocenters. The Morgan fingerprint density at radius 2 is 1.86 bits per heavy atom. The third-order valence-corrected chi connectivity index (χ3v) is 4.23. The maximum absolute atomic E-state index is 13.3. The van der Waals surface area contributed by atoms with E-state index in [4.69, 9.17) is 5.11 Å². The lowest BCUT2D eigenvalue weighted by molar-refractivity contribution is -0.140. The SMILES string of the molecule is Cc1cc(C(C)C)c(C=CC(O)CC(=O)CC(=O)O)c(-c2ccc(F)cc2)n1. The predicted molar refractivity (Wildman–Crippen MR) is 105 cm³/mol. The first-order valence-electron chi connectivity index (χ1n) is 9.04. The first kappa shape index (κ1) is 21.4. The van der Waals surface area contributed by atoms with E-state index in [-0.39, 0.29) is 18.2 Å². The van der Waals surface area contributed by atoms with Gasteiger partial charge in [-0.15, -0.1) is 0 Å². The first-order valence-corrected chi connectivity index (χ1v) is 9.04. The van der Waals surface area contributed by atoms with Gasteiger partial charge < -0.3 is 10.2 Å². The molecule has 0 amide bonds. The quantitative estimate of drug-likeness (QED) is 0.667. The Morgan fingerprint density at radius 1 is 1.21 bits per heavy atom. The van der Waals surface area contributed by atoms with Crippen molar-refractivity contribution in [1.29, 1.82) is 0 Å². The van der Waals surface area contributed by atoms with Crippen molar-refractivity contribution in [3.63, 3.8) is 0 Å². The number of aryl methyl sites for hydroxylation is 1. The van der Waals surface area contributed by atoms with E-state index in [1.54, 1.807) is 18.2 Å². The van der Waals surface area contributed by atoms with Crippen molar-refractivity contribution in [2.24, 2.45) is 0 Å². The van der Waals surface area contributed by atoms with Crippen molar-refractivity contribution in [1.82, 2.24) is 4.98 Å². The zero-order valence-corrected chi connectivity index (χ0v) is 16.1. The van der Waals surface area contributed by atoms with Gasteiger partial charge in [-0.2, -0.15) is 0 Å². The summed E-state index contributed by atoms with van der Waals surface area (Å²) in [5.74, 6) is -1.93. The smallest absolute Gasteiger partial charge is 0.310 e. The molecule has 28 heavy (non-hydrogen) atoms. The molecule has 0 fully saturated rings. The number of carbonyl (C=O) groups excluding carboxylic acids is 1. The molecule has 2 rings (SSSR count). The summed E-state index contributed by atoms with van der Waals surface area (Å²) in [4.78, 5) is 26.8. The van der Waals surface area contributed by atoms with Crippen molar-refractivity contribution in [2.75, 3.05) is 0 Å². The first-order chi connectivity index (χ1) is 13.2. The highest BCUT2D eigenvalue weighted by atomic mass is 19.1. The highest BCUT2D eigenvalue weighted by molar-refractivity contribution is 5.95. The number of Topliss-reactive ketones (excluding diaryl/α,β-unsaturated/α-hetero) is 1.